The smallest absolute Gasteiger partial charge is 0.140 e. The average molecular weight is 200 g/mol. The third kappa shape index (κ3) is 2.80. The van der Waals surface area contributed by atoms with Crippen LogP contribution in [0.1, 0.15) is 17.9 Å². The van der Waals surface area contributed by atoms with E-state index in [0.717, 1.165) is 5.56 Å². The molecule has 0 heterocycles. The molecular formula is C12H12N2O. The highest BCUT2D eigenvalue weighted by Gasteiger charge is 2.21. The van der Waals surface area contributed by atoms with Gasteiger partial charge in [0.2, 0.25) is 0 Å². The number of nitriles is 2. The van der Waals surface area contributed by atoms with Crippen LogP contribution >= 0.6 is 0 Å². The number of hydrogen-bond donors (Lipinski definition) is 1. The minimum atomic E-state index is -0.695. The Morgan fingerprint density at radius 1 is 1.13 bits per heavy atom. The molecule has 15 heavy (non-hydrogen) atoms. The second-order valence-corrected chi connectivity index (χ2v) is 3.27. The zero-order chi connectivity index (χ0) is 11.1. The van der Waals surface area contributed by atoms with Crippen molar-refractivity contribution >= 4 is 0 Å². The maximum atomic E-state index is 8.92. The molecule has 0 aromatic heterocycles. The summed E-state index contributed by atoms with van der Waals surface area (Å²) in [5.74, 6) is -0.897. The van der Waals surface area contributed by atoms with Crippen LogP contribution in [0.15, 0.2) is 30.3 Å². The minimum Gasteiger partial charge on any atom is -0.396 e. The lowest BCUT2D eigenvalue weighted by Gasteiger charge is -2.16. The molecule has 1 N–H and O–H groups in total. The number of nitrogens with zero attached hydrogens (tertiary/aromatic N) is 2. The van der Waals surface area contributed by atoms with E-state index in [1.54, 1.807) is 0 Å². The largest absolute Gasteiger partial charge is 0.396 e. The number of benzene rings is 1. The van der Waals surface area contributed by atoms with E-state index < -0.39 is 5.92 Å². The Balaban J connectivity index is 2.94. The van der Waals surface area contributed by atoms with Gasteiger partial charge in [0.1, 0.15) is 5.92 Å². The molecule has 1 aromatic rings. The van der Waals surface area contributed by atoms with Crippen molar-refractivity contribution in [2.75, 3.05) is 6.61 Å². The Morgan fingerprint density at radius 3 is 2.20 bits per heavy atom. The molecule has 0 spiro atoms. The van der Waals surface area contributed by atoms with Gasteiger partial charge >= 0.3 is 0 Å². The monoisotopic (exact) mass is 200 g/mol. The number of aliphatic hydroxyl groups is 1. The van der Waals surface area contributed by atoms with Crippen molar-refractivity contribution < 1.29 is 5.11 Å². The van der Waals surface area contributed by atoms with Crippen molar-refractivity contribution in [3.63, 3.8) is 0 Å². The lowest BCUT2D eigenvalue weighted by molar-refractivity contribution is 0.270. The fraction of sp³-hybridized carbons (Fsp3) is 0.333. The molecule has 0 aliphatic carbocycles. The lowest BCUT2D eigenvalue weighted by atomic mass is 9.85. The first kappa shape index (κ1) is 11.2. The van der Waals surface area contributed by atoms with E-state index in [0.29, 0.717) is 6.42 Å². The molecule has 0 radical (unpaired) electrons. The molecule has 0 bridgehead atoms. The van der Waals surface area contributed by atoms with Crippen LogP contribution in [0.2, 0.25) is 0 Å². The molecule has 0 saturated heterocycles. The third-order valence-corrected chi connectivity index (χ3v) is 2.35. The molecule has 1 rings (SSSR count). The standard InChI is InChI=1S/C12H12N2O/c13-8-11(9-14)12(6-7-15)10-4-2-1-3-5-10/h1-5,11-12,15H,6-7H2/t12-/m0/s1. The summed E-state index contributed by atoms with van der Waals surface area (Å²) in [6.45, 7) is -0.0145. The summed E-state index contributed by atoms with van der Waals surface area (Å²) < 4.78 is 0. The van der Waals surface area contributed by atoms with Crippen LogP contribution in [0.4, 0.5) is 0 Å². The number of hydrogen-bond acceptors (Lipinski definition) is 3. The second kappa shape index (κ2) is 5.80. The summed E-state index contributed by atoms with van der Waals surface area (Å²) in [7, 11) is 0. The minimum absolute atomic E-state index is 0.0145. The molecule has 0 unspecified atom stereocenters. The van der Waals surface area contributed by atoms with Gasteiger partial charge < -0.3 is 5.11 Å². The number of aliphatic hydroxyl groups excluding tert-OH is 1. The fourth-order valence-corrected chi connectivity index (χ4v) is 1.57. The Hall–Kier alpha value is -1.84. The van der Waals surface area contributed by atoms with Crippen molar-refractivity contribution in [3.05, 3.63) is 35.9 Å². The Bertz CT molecular complexity index is 361. The first-order valence-electron chi connectivity index (χ1n) is 4.78. The first-order chi connectivity index (χ1) is 7.33. The second-order valence-electron chi connectivity index (χ2n) is 3.27. The number of rotatable bonds is 4. The Labute approximate surface area is 89.2 Å². The molecule has 0 aliphatic rings. The van der Waals surface area contributed by atoms with Gasteiger partial charge in [0.25, 0.3) is 0 Å². The van der Waals surface area contributed by atoms with Gasteiger partial charge in [-0.1, -0.05) is 30.3 Å². The van der Waals surface area contributed by atoms with Gasteiger partial charge in [-0.25, -0.2) is 0 Å². The predicted molar refractivity (Wildman–Crippen MR) is 55.6 cm³/mol. The van der Waals surface area contributed by atoms with Crippen molar-refractivity contribution in [1.82, 2.24) is 0 Å². The molecule has 0 amide bonds. The molecule has 3 heteroatoms. The quantitative estimate of drug-likeness (QED) is 0.806. The van der Waals surface area contributed by atoms with E-state index >= 15 is 0 Å². The van der Waals surface area contributed by atoms with Crippen LogP contribution in [0.25, 0.3) is 0 Å². The molecule has 0 aliphatic heterocycles. The summed E-state index contributed by atoms with van der Waals surface area (Å²) in [5.41, 5.74) is 0.930. The molecule has 0 saturated carbocycles. The van der Waals surface area contributed by atoms with Crippen molar-refractivity contribution in [2.24, 2.45) is 5.92 Å². The van der Waals surface area contributed by atoms with Crippen LogP contribution in [0, 0.1) is 28.6 Å². The lowest BCUT2D eigenvalue weighted by Crippen LogP contribution is -2.11. The van der Waals surface area contributed by atoms with E-state index in [-0.39, 0.29) is 12.5 Å². The summed E-state index contributed by atoms with van der Waals surface area (Å²) in [5, 5.41) is 26.6. The van der Waals surface area contributed by atoms with E-state index in [4.69, 9.17) is 15.6 Å². The van der Waals surface area contributed by atoms with Crippen molar-refractivity contribution in [1.29, 1.82) is 10.5 Å². The summed E-state index contributed by atoms with van der Waals surface area (Å²) in [4.78, 5) is 0. The van der Waals surface area contributed by atoms with E-state index in [1.165, 1.54) is 0 Å². The van der Waals surface area contributed by atoms with Gasteiger partial charge in [-0.05, 0) is 12.0 Å². The normalized spacial score (nSPS) is 11.7. The maximum Gasteiger partial charge on any atom is 0.140 e. The molecular weight excluding hydrogens is 188 g/mol. The Kier molecular flexibility index (Phi) is 4.34. The van der Waals surface area contributed by atoms with Gasteiger partial charge in [0.05, 0.1) is 12.1 Å². The van der Waals surface area contributed by atoms with Gasteiger partial charge in [-0.3, -0.25) is 0 Å². The molecule has 1 atom stereocenters. The highest BCUT2D eigenvalue weighted by atomic mass is 16.3. The Morgan fingerprint density at radius 2 is 1.73 bits per heavy atom. The third-order valence-electron chi connectivity index (χ3n) is 2.35. The molecule has 1 aromatic carbocycles. The topological polar surface area (TPSA) is 67.8 Å². The predicted octanol–water partition coefficient (Wildman–Crippen LogP) is 1.82. The van der Waals surface area contributed by atoms with Crippen LogP contribution in [0.5, 0.6) is 0 Å². The summed E-state index contributed by atoms with van der Waals surface area (Å²) >= 11 is 0. The summed E-state index contributed by atoms with van der Waals surface area (Å²) in [6.07, 6.45) is 0.440. The van der Waals surface area contributed by atoms with Crippen LogP contribution in [-0.4, -0.2) is 11.7 Å². The summed E-state index contributed by atoms with van der Waals surface area (Å²) in [6, 6.07) is 13.3. The van der Waals surface area contributed by atoms with Crippen LogP contribution in [-0.2, 0) is 0 Å². The molecule has 76 valence electrons. The first-order valence-corrected chi connectivity index (χ1v) is 4.78. The highest BCUT2D eigenvalue weighted by Crippen LogP contribution is 2.27. The molecule has 0 fully saturated rings. The van der Waals surface area contributed by atoms with Crippen LogP contribution < -0.4 is 0 Å². The van der Waals surface area contributed by atoms with Gasteiger partial charge in [0, 0.05) is 12.5 Å². The highest BCUT2D eigenvalue weighted by molar-refractivity contribution is 5.24. The zero-order valence-corrected chi connectivity index (χ0v) is 8.30. The van der Waals surface area contributed by atoms with Gasteiger partial charge in [-0.2, -0.15) is 10.5 Å². The van der Waals surface area contributed by atoms with E-state index in [2.05, 4.69) is 0 Å². The van der Waals surface area contributed by atoms with E-state index in [9.17, 15) is 0 Å². The van der Waals surface area contributed by atoms with Gasteiger partial charge in [-0.15, -0.1) is 0 Å². The van der Waals surface area contributed by atoms with Gasteiger partial charge in [0.15, 0.2) is 0 Å². The van der Waals surface area contributed by atoms with Crippen molar-refractivity contribution in [3.8, 4) is 12.1 Å². The SMILES string of the molecule is N#CC(C#N)[C@@H](CCO)c1ccccc1. The van der Waals surface area contributed by atoms with E-state index in [1.807, 2.05) is 42.5 Å². The maximum absolute atomic E-state index is 8.92. The molecule has 3 nitrogen and oxygen atoms in total. The fourth-order valence-electron chi connectivity index (χ4n) is 1.57. The average Bonchev–Trinajstić information content (AvgIpc) is 2.30. The zero-order valence-electron chi connectivity index (χ0n) is 8.30. The van der Waals surface area contributed by atoms with Crippen molar-refractivity contribution in [2.45, 2.75) is 12.3 Å². The van der Waals surface area contributed by atoms with Crippen LogP contribution in [0.3, 0.4) is 0 Å².